The summed E-state index contributed by atoms with van der Waals surface area (Å²) in [4.78, 5) is 5.69. The molecule has 0 radical (unpaired) electrons. The Hall–Kier alpha value is -0.650. The molecule has 0 bridgehead atoms. The van der Waals surface area contributed by atoms with Crippen LogP contribution in [0.4, 0.5) is 0 Å². The average Bonchev–Trinajstić information content (AvgIpc) is 2.65. The molecule has 1 aliphatic rings. The summed E-state index contributed by atoms with van der Waals surface area (Å²) in [5.41, 5.74) is 2.34. The van der Waals surface area contributed by atoms with E-state index >= 15 is 0 Å². The number of likely N-dealkylation sites (tertiary alicyclic amines) is 1. The average molecular weight is 326 g/mol. The van der Waals surface area contributed by atoms with Crippen molar-refractivity contribution in [2.75, 3.05) is 20.1 Å². The molecule has 1 aromatic heterocycles. The van der Waals surface area contributed by atoms with Gasteiger partial charge in [-0.05, 0) is 63.4 Å². The minimum Gasteiger partial charge on any atom is -0.331 e. The monoisotopic (exact) mass is 325 g/mol. The second-order valence-corrected chi connectivity index (χ2v) is 6.30. The third-order valence-electron chi connectivity index (χ3n) is 3.73. The highest BCUT2D eigenvalue weighted by molar-refractivity contribution is 9.10. The number of piperidine rings is 1. The quantitative estimate of drug-likeness (QED) is 0.808. The van der Waals surface area contributed by atoms with Gasteiger partial charge in [-0.15, -0.1) is 0 Å². The summed E-state index contributed by atoms with van der Waals surface area (Å²) in [5, 5.41) is 0. The van der Waals surface area contributed by atoms with Crippen LogP contribution in [0.25, 0.3) is 11.0 Å². The molecule has 1 fully saturated rings. The van der Waals surface area contributed by atoms with E-state index in [1.165, 1.54) is 18.4 Å². The Morgan fingerprint density at radius 3 is 2.78 bits per heavy atom. The van der Waals surface area contributed by atoms with E-state index in [9.17, 15) is 0 Å². The van der Waals surface area contributed by atoms with E-state index in [0.29, 0.717) is 6.04 Å². The van der Waals surface area contributed by atoms with Crippen LogP contribution in [0.5, 0.6) is 0 Å². The molecule has 1 N–H and O–H groups in total. The third kappa shape index (κ3) is 2.15. The van der Waals surface area contributed by atoms with Crippen molar-refractivity contribution < 1.29 is 0 Å². The van der Waals surface area contributed by atoms with Crippen molar-refractivity contribution in [1.82, 2.24) is 14.5 Å². The summed E-state index contributed by atoms with van der Waals surface area (Å²) in [6.07, 6.45) is 2.35. The number of hydrogen-bond donors (Lipinski definition) is 1. The van der Waals surface area contributed by atoms with Crippen LogP contribution in [-0.2, 0) is 0 Å². The molecule has 3 rings (SSSR count). The van der Waals surface area contributed by atoms with E-state index in [4.69, 9.17) is 12.2 Å². The number of nitrogens with one attached hydrogen (secondary N) is 1. The molecule has 1 aliphatic heterocycles. The fourth-order valence-electron chi connectivity index (χ4n) is 2.72. The molecule has 0 atom stereocenters. The zero-order valence-electron chi connectivity index (χ0n) is 10.3. The van der Waals surface area contributed by atoms with E-state index in [1.807, 2.05) is 0 Å². The molecule has 0 amide bonds. The summed E-state index contributed by atoms with van der Waals surface area (Å²) in [5.74, 6) is 0. The predicted molar refractivity (Wildman–Crippen MR) is 80.6 cm³/mol. The molecule has 18 heavy (non-hydrogen) atoms. The second kappa shape index (κ2) is 4.79. The van der Waals surface area contributed by atoms with E-state index in [0.717, 1.165) is 27.8 Å². The van der Waals surface area contributed by atoms with Crippen molar-refractivity contribution in [3.05, 3.63) is 27.4 Å². The van der Waals surface area contributed by atoms with E-state index in [1.54, 1.807) is 0 Å². The zero-order chi connectivity index (χ0) is 12.7. The maximum Gasteiger partial charge on any atom is 0.178 e. The van der Waals surface area contributed by atoms with Gasteiger partial charge >= 0.3 is 0 Å². The Bertz CT molecular complexity index is 623. The van der Waals surface area contributed by atoms with Crippen molar-refractivity contribution in [2.45, 2.75) is 18.9 Å². The van der Waals surface area contributed by atoms with Crippen LogP contribution in [0.1, 0.15) is 18.9 Å². The number of imidazole rings is 1. The van der Waals surface area contributed by atoms with E-state index in [2.05, 4.69) is 55.6 Å². The lowest BCUT2D eigenvalue weighted by Gasteiger charge is -2.30. The van der Waals surface area contributed by atoms with Gasteiger partial charge in [0.15, 0.2) is 4.77 Å². The van der Waals surface area contributed by atoms with Gasteiger partial charge < -0.3 is 14.5 Å². The fraction of sp³-hybridized carbons (Fsp3) is 0.462. The number of rotatable bonds is 1. The first-order valence-corrected chi connectivity index (χ1v) is 7.43. The number of hydrogen-bond acceptors (Lipinski definition) is 2. The number of aromatic amines is 1. The van der Waals surface area contributed by atoms with Crippen LogP contribution in [-0.4, -0.2) is 34.6 Å². The predicted octanol–water partition coefficient (Wildman–Crippen LogP) is 3.73. The summed E-state index contributed by atoms with van der Waals surface area (Å²) in [6, 6.07) is 6.85. The molecule has 2 heterocycles. The lowest BCUT2D eigenvalue weighted by Crippen LogP contribution is -2.31. The molecule has 0 saturated carbocycles. The molecule has 0 unspecified atom stereocenters. The van der Waals surface area contributed by atoms with Gasteiger partial charge in [0.05, 0.1) is 11.0 Å². The summed E-state index contributed by atoms with van der Waals surface area (Å²) < 4.78 is 4.23. The van der Waals surface area contributed by atoms with Gasteiger partial charge in [0.2, 0.25) is 0 Å². The smallest absolute Gasteiger partial charge is 0.178 e. The standard InChI is InChI=1S/C13H16BrN3S/c1-16-6-4-10(5-7-16)17-12-3-2-9(14)8-11(12)15-13(17)18/h2-3,8,10H,4-7H2,1H3,(H,15,18). The Morgan fingerprint density at radius 1 is 1.33 bits per heavy atom. The van der Waals surface area contributed by atoms with Crippen molar-refractivity contribution in [3.63, 3.8) is 0 Å². The molecular formula is C13H16BrN3S. The molecule has 3 nitrogen and oxygen atoms in total. The number of nitrogens with zero attached hydrogens (tertiary/aromatic N) is 2. The maximum absolute atomic E-state index is 5.48. The first kappa shape index (κ1) is 12.4. The maximum atomic E-state index is 5.48. The van der Waals surface area contributed by atoms with Crippen LogP contribution < -0.4 is 0 Å². The highest BCUT2D eigenvalue weighted by Gasteiger charge is 2.20. The van der Waals surface area contributed by atoms with Gasteiger partial charge in [0.1, 0.15) is 0 Å². The molecule has 96 valence electrons. The molecule has 1 saturated heterocycles. The van der Waals surface area contributed by atoms with Crippen LogP contribution >= 0.6 is 28.1 Å². The van der Waals surface area contributed by atoms with Gasteiger partial charge in [-0.2, -0.15) is 0 Å². The molecule has 2 aromatic rings. The SMILES string of the molecule is CN1CCC(n2c(=S)[nH]c3cc(Br)ccc32)CC1. The number of benzene rings is 1. The highest BCUT2D eigenvalue weighted by Crippen LogP contribution is 2.28. The van der Waals surface area contributed by atoms with Crippen molar-refractivity contribution in [1.29, 1.82) is 0 Å². The van der Waals surface area contributed by atoms with Gasteiger partial charge in [-0.25, -0.2) is 0 Å². The molecule has 0 aliphatic carbocycles. The Morgan fingerprint density at radius 2 is 2.06 bits per heavy atom. The van der Waals surface area contributed by atoms with Crippen molar-refractivity contribution in [2.24, 2.45) is 0 Å². The minimum atomic E-state index is 0.531. The minimum absolute atomic E-state index is 0.531. The van der Waals surface area contributed by atoms with Gasteiger partial charge in [-0.3, -0.25) is 0 Å². The molecular weight excluding hydrogens is 310 g/mol. The van der Waals surface area contributed by atoms with Gasteiger partial charge in [0.25, 0.3) is 0 Å². The molecule has 5 heteroatoms. The van der Waals surface area contributed by atoms with E-state index in [-0.39, 0.29) is 0 Å². The zero-order valence-corrected chi connectivity index (χ0v) is 12.7. The highest BCUT2D eigenvalue weighted by atomic mass is 79.9. The number of fused-ring (bicyclic) bond motifs is 1. The lowest BCUT2D eigenvalue weighted by molar-refractivity contribution is 0.223. The molecule has 0 spiro atoms. The summed E-state index contributed by atoms with van der Waals surface area (Å²) in [6.45, 7) is 2.30. The van der Waals surface area contributed by atoms with Crippen LogP contribution in [0.2, 0.25) is 0 Å². The topological polar surface area (TPSA) is 24.0 Å². The third-order valence-corrected chi connectivity index (χ3v) is 4.52. The number of H-pyrrole nitrogens is 1. The van der Waals surface area contributed by atoms with Crippen molar-refractivity contribution >= 4 is 39.2 Å². The number of halogens is 1. The normalized spacial score (nSPS) is 18.6. The van der Waals surface area contributed by atoms with Crippen LogP contribution in [0, 0.1) is 4.77 Å². The molecule has 1 aromatic carbocycles. The summed E-state index contributed by atoms with van der Waals surface area (Å²) >= 11 is 8.99. The largest absolute Gasteiger partial charge is 0.331 e. The summed E-state index contributed by atoms with van der Waals surface area (Å²) in [7, 11) is 2.18. The first-order valence-electron chi connectivity index (χ1n) is 6.23. The Labute approximate surface area is 120 Å². The van der Waals surface area contributed by atoms with Gasteiger partial charge in [-0.1, -0.05) is 15.9 Å². The second-order valence-electron chi connectivity index (χ2n) is 5.00. The van der Waals surface area contributed by atoms with Crippen molar-refractivity contribution in [3.8, 4) is 0 Å². The van der Waals surface area contributed by atoms with Crippen LogP contribution in [0.3, 0.4) is 0 Å². The lowest BCUT2D eigenvalue weighted by atomic mass is 10.1. The Balaban J connectivity index is 2.06. The number of aromatic nitrogens is 2. The first-order chi connectivity index (χ1) is 8.65. The van der Waals surface area contributed by atoms with Crippen LogP contribution in [0.15, 0.2) is 22.7 Å². The van der Waals surface area contributed by atoms with Gasteiger partial charge in [0, 0.05) is 10.5 Å². The van der Waals surface area contributed by atoms with E-state index < -0.39 is 0 Å². The Kier molecular flexibility index (Phi) is 3.30. The fourth-order valence-corrected chi connectivity index (χ4v) is 3.44.